The van der Waals surface area contributed by atoms with E-state index in [0.29, 0.717) is 6.42 Å². The molecule has 2 aliphatic heterocycles. The molecule has 0 aromatic heterocycles. The van der Waals surface area contributed by atoms with Gasteiger partial charge in [0.05, 0.1) is 6.10 Å². The van der Waals surface area contributed by atoms with E-state index in [4.69, 9.17) is 4.74 Å². The first-order chi connectivity index (χ1) is 8.19. The van der Waals surface area contributed by atoms with E-state index in [1.165, 1.54) is 0 Å². The molecule has 0 radical (unpaired) electrons. The maximum Gasteiger partial charge on any atom is 0.127 e. The van der Waals surface area contributed by atoms with Crippen LogP contribution in [0.4, 0.5) is 0 Å². The van der Waals surface area contributed by atoms with Gasteiger partial charge in [-0.15, -0.1) is 0 Å². The number of hydrogen-bond donors (Lipinski definition) is 2. The SMILES string of the molecule is O[C@@H]1CC2(CCNCC2)Oc2cc(Br)ccc21. The lowest BCUT2D eigenvalue weighted by molar-refractivity contribution is -0.0337. The van der Waals surface area contributed by atoms with Crippen LogP contribution in [0.5, 0.6) is 5.75 Å². The Balaban J connectivity index is 1.95. The Morgan fingerprint density at radius 3 is 2.88 bits per heavy atom. The molecule has 2 aliphatic rings. The Kier molecular flexibility index (Phi) is 2.89. The molecule has 2 heterocycles. The van der Waals surface area contributed by atoms with Crippen LogP contribution in [0.25, 0.3) is 0 Å². The van der Waals surface area contributed by atoms with E-state index in [9.17, 15) is 5.11 Å². The maximum absolute atomic E-state index is 10.3. The number of nitrogens with one attached hydrogen (secondary N) is 1. The minimum absolute atomic E-state index is 0.168. The van der Waals surface area contributed by atoms with Crippen LogP contribution in [0.2, 0.25) is 0 Å². The lowest BCUT2D eigenvalue weighted by atomic mass is 9.82. The van der Waals surface area contributed by atoms with Gasteiger partial charge in [0.25, 0.3) is 0 Å². The van der Waals surface area contributed by atoms with Gasteiger partial charge in [-0.25, -0.2) is 0 Å². The minimum atomic E-state index is -0.398. The third-order valence-electron chi connectivity index (χ3n) is 3.74. The smallest absolute Gasteiger partial charge is 0.127 e. The number of aliphatic hydroxyl groups excluding tert-OH is 1. The fourth-order valence-electron chi connectivity index (χ4n) is 2.80. The summed E-state index contributed by atoms with van der Waals surface area (Å²) in [6, 6.07) is 5.85. The van der Waals surface area contributed by atoms with Crippen molar-refractivity contribution in [2.75, 3.05) is 13.1 Å². The van der Waals surface area contributed by atoms with E-state index < -0.39 is 6.10 Å². The van der Waals surface area contributed by atoms with E-state index in [1.54, 1.807) is 0 Å². The molecule has 1 atom stereocenters. The fourth-order valence-corrected chi connectivity index (χ4v) is 3.14. The normalized spacial score (nSPS) is 26.4. The molecule has 0 bridgehead atoms. The first-order valence-corrected chi connectivity index (χ1v) is 6.85. The molecule has 0 amide bonds. The van der Waals surface area contributed by atoms with Crippen molar-refractivity contribution in [1.82, 2.24) is 5.32 Å². The highest BCUT2D eigenvalue weighted by Crippen LogP contribution is 2.44. The lowest BCUT2D eigenvalue weighted by Gasteiger charge is -2.43. The second kappa shape index (κ2) is 4.26. The van der Waals surface area contributed by atoms with E-state index in [-0.39, 0.29) is 5.60 Å². The fraction of sp³-hybridized carbons (Fsp3) is 0.538. The minimum Gasteiger partial charge on any atom is -0.487 e. The summed E-state index contributed by atoms with van der Waals surface area (Å²) >= 11 is 3.45. The Morgan fingerprint density at radius 2 is 2.12 bits per heavy atom. The third-order valence-corrected chi connectivity index (χ3v) is 4.23. The summed E-state index contributed by atoms with van der Waals surface area (Å²) in [7, 11) is 0. The van der Waals surface area contributed by atoms with E-state index in [0.717, 1.165) is 41.7 Å². The summed E-state index contributed by atoms with van der Waals surface area (Å²) in [5.74, 6) is 0.833. The highest BCUT2D eigenvalue weighted by Gasteiger charge is 2.41. The summed E-state index contributed by atoms with van der Waals surface area (Å²) in [6.07, 6.45) is 2.25. The molecule has 4 heteroatoms. The number of piperidine rings is 1. The highest BCUT2D eigenvalue weighted by molar-refractivity contribution is 9.10. The average Bonchev–Trinajstić information content (AvgIpc) is 2.29. The summed E-state index contributed by atoms with van der Waals surface area (Å²) in [4.78, 5) is 0. The molecular weight excluding hydrogens is 282 g/mol. The maximum atomic E-state index is 10.3. The summed E-state index contributed by atoms with van der Waals surface area (Å²) in [5.41, 5.74) is 0.746. The van der Waals surface area contributed by atoms with Crippen LogP contribution < -0.4 is 10.1 Å². The summed E-state index contributed by atoms with van der Waals surface area (Å²) < 4.78 is 7.18. The van der Waals surface area contributed by atoms with Gasteiger partial charge < -0.3 is 15.2 Å². The number of ether oxygens (including phenoxy) is 1. The number of hydrogen-bond acceptors (Lipinski definition) is 3. The van der Waals surface area contributed by atoms with Crippen molar-refractivity contribution in [3.05, 3.63) is 28.2 Å². The molecule has 2 N–H and O–H groups in total. The van der Waals surface area contributed by atoms with Gasteiger partial charge in [-0.2, -0.15) is 0 Å². The second-order valence-electron chi connectivity index (χ2n) is 4.94. The topological polar surface area (TPSA) is 41.5 Å². The Labute approximate surface area is 109 Å². The Hall–Kier alpha value is -0.580. The van der Waals surface area contributed by atoms with Gasteiger partial charge in [0.15, 0.2) is 0 Å². The molecular formula is C13H16BrNO2. The largest absolute Gasteiger partial charge is 0.487 e. The van der Waals surface area contributed by atoms with Crippen molar-refractivity contribution >= 4 is 15.9 Å². The van der Waals surface area contributed by atoms with Crippen LogP contribution in [-0.4, -0.2) is 23.8 Å². The van der Waals surface area contributed by atoms with Crippen LogP contribution in [0.3, 0.4) is 0 Å². The van der Waals surface area contributed by atoms with E-state index in [2.05, 4.69) is 21.2 Å². The molecule has 1 spiro atoms. The van der Waals surface area contributed by atoms with Gasteiger partial charge in [0, 0.05) is 16.5 Å². The summed E-state index contributed by atoms with van der Waals surface area (Å²) in [5, 5.41) is 13.6. The highest BCUT2D eigenvalue weighted by atomic mass is 79.9. The second-order valence-corrected chi connectivity index (χ2v) is 5.85. The number of benzene rings is 1. The first kappa shape index (κ1) is 11.5. The van der Waals surface area contributed by atoms with Crippen molar-refractivity contribution in [1.29, 1.82) is 0 Å². The zero-order chi connectivity index (χ0) is 11.9. The molecule has 0 saturated carbocycles. The van der Waals surface area contributed by atoms with Gasteiger partial charge >= 0.3 is 0 Å². The first-order valence-electron chi connectivity index (χ1n) is 6.06. The molecule has 17 heavy (non-hydrogen) atoms. The predicted molar refractivity (Wildman–Crippen MR) is 69.2 cm³/mol. The van der Waals surface area contributed by atoms with Gasteiger partial charge in [0.2, 0.25) is 0 Å². The monoisotopic (exact) mass is 297 g/mol. The molecule has 3 rings (SSSR count). The Morgan fingerprint density at radius 1 is 1.35 bits per heavy atom. The van der Waals surface area contributed by atoms with Gasteiger partial charge in [-0.05, 0) is 38.1 Å². The number of rotatable bonds is 0. The molecule has 1 aromatic carbocycles. The standard InChI is InChI=1S/C13H16BrNO2/c14-9-1-2-10-11(16)8-13(17-12(10)7-9)3-5-15-6-4-13/h1-2,7,11,15-16H,3-6,8H2/t11-/m1/s1. The van der Waals surface area contributed by atoms with Crippen molar-refractivity contribution in [2.45, 2.75) is 31.0 Å². The van der Waals surface area contributed by atoms with Gasteiger partial charge in [0.1, 0.15) is 11.4 Å². The number of aliphatic hydroxyl groups is 1. The van der Waals surface area contributed by atoms with E-state index >= 15 is 0 Å². The van der Waals surface area contributed by atoms with E-state index in [1.807, 2.05) is 18.2 Å². The Bertz CT molecular complexity index is 429. The van der Waals surface area contributed by atoms with Crippen LogP contribution in [0, 0.1) is 0 Å². The molecule has 1 saturated heterocycles. The molecule has 0 aliphatic carbocycles. The molecule has 92 valence electrons. The van der Waals surface area contributed by atoms with Crippen molar-refractivity contribution in [3.8, 4) is 5.75 Å². The van der Waals surface area contributed by atoms with Gasteiger partial charge in [-0.3, -0.25) is 0 Å². The molecule has 1 aromatic rings. The molecule has 0 unspecified atom stereocenters. The predicted octanol–water partition coefficient (Wildman–Crippen LogP) is 2.39. The van der Waals surface area contributed by atoms with Crippen LogP contribution in [0.1, 0.15) is 30.9 Å². The van der Waals surface area contributed by atoms with Crippen LogP contribution in [-0.2, 0) is 0 Å². The molecule has 1 fully saturated rings. The van der Waals surface area contributed by atoms with Crippen molar-refractivity contribution in [3.63, 3.8) is 0 Å². The molecule has 3 nitrogen and oxygen atoms in total. The lowest BCUT2D eigenvalue weighted by Crippen LogP contribution is -2.49. The zero-order valence-corrected chi connectivity index (χ0v) is 11.2. The zero-order valence-electron chi connectivity index (χ0n) is 9.58. The number of halogens is 1. The summed E-state index contributed by atoms with van der Waals surface area (Å²) in [6.45, 7) is 1.94. The third kappa shape index (κ3) is 2.09. The van der Waals surface area contributed by atoms with Gasteiger partial charge in [-0.1, -0.05) is 22.0 Å². The number of fused-ring (bicyclic) bond motifs is 1. The van der Waals surface area contributed by atoms with Crippen molar-refractivity contribution < 1.29 is 9.84 Å². The van der Waals surface area contributed by atoms with Crippen molar-refractivity contribution in [2.24, 2.45) is 0 Å². The quantitative estimate of drug-likeness (QED) is 0.773. The average molecular weight is 298 g/mol. The van der Waals surface area contributed by atoms with Crippen LogP contribution >= 0.6 is 15.9 Å². The van der Waals surface area contributed by atoms with Crippen LogP contribution in [0.15, 0.2) is 22.7 Å².